The second-order valence-electron chi connectivity index (χ2n) is 2.96. The van der Waals surface area contributed by atoms with E-state index in [0.29, 0.717) is 0 Å². The van der Waals surface area contributed by atoms with E-state index in [4.69, 9.17) is 9.47 Å². The maximum Gasteiger partial charge on any atom is 0.176 e. The zero-order valence-electron chi connectivity index (χ0n) is 8.64. The molecule has 0 bridgehead atoms. The van der Waals surface area contributed by atoms with E-state index in [-0.39, 0.29) is 6.29 Å². The molecule has 0 saturated heterocycles. The Balaban J connectivity index is 2.40. The molecule has 0 radical (unpaired) electrons. The number of benzene rings is 1. The quantitative estimate of drug-likeness (QED) is 0.527. The molecule has 0 saturated carbocycles. The van der Waals surface area contributed by atoms with Crippen LogP contribution in [0.15, 0.2) is 42.5 Å². The van der Waals surface area contributed by atoms with Crippen molar-refractivity contribution in [1.29, 1.82) is 0 Å². The number of hydrogen-bond acceptors (Lipinski definition) is 2. The van der Waals surface area contributed by atoms with Gasteiger partial charge in [-0.25, -0.2) is 0 Å². The van der Waals surface area contributed by atoms with Gasteiger partial charge in [0, 0.05) is 14.2 Å². The van der Waals surface area contributed by atoms with Crippen LogP contribution in [0.4, 0.5) is 0 Å². The molecule has 0 aliphatic heterocycles. The second kappa shape index (κ2) is 6.35. The number of rotatable bonds is 5. The van der Waals surface area contributed by atoms with Crippen molar-refractivity contribution in [3.63, 3.8) is 0 Å². The molecular weight excluding hydrogens is 176 g/mol. The first-order valence-electron chi connectivity index (χ1n) is 4.63. The van der Waals surface area contributed by atoms with E-state index in [1.807, 2.05) is 30.4 Å². The third-order valence-corrected chi connectivity index (χ3v) is 1.95. The first-order chi connectivity index (χ1) is 6.86. The van der Waals surface area contributed by atoms with Crippen LogP contribution in [0.3, 0.4) is 0 Å². The summed E-state index contributed by atoms with van der Waals surface area (Å²) < 4.78 is 10.1. The highest BCUT2D eigenvalue weighted by atomic mass is 16.7. The normalized spacial score (nSPS) is 11.4. The Kier molecular flexibility index (Phi) is 4.97. The first-order valence-corrected chi connectivity index (χ1v) is 4.63. The minimum Gasteiger partial charge on any atom is -0.352 e. The van der Waals surface area contributed by atoms with E-state index in [0.717, 1.165) is 6.42 Å². The fourth-order valence-corrected chi connectivity index (χ4v) is 1.18. The molecule has 76 valence electrons. The Morgan fingerprint density at radius 2 is 1.79 bits per heavy atom. The van der Waals surface area contributed by atoms with Gasteiger partial charge in [-0.15, -0.1) is 0 Å². The topological polar surface area (TPSA) is 18.5 Å². The van der Waals surface area contributed by atoms with Gasteiger partial charge in [-0.2, -0.15) is 0 Å². The number of methoxy groups -OCH3 is 2. The van der Waals surface area contributed by atoms with E-state index in [1.54, 1.807) is 14.2 Å². The summed E-state index contributed by atoms with van der Waals surface area (Å²) >= 11 is 0. The summed E-state index contributed by atoms with van der Waals surface area (Å²) in [5, 5.41) is 0. The lowest BCUT2D eigenvalue weighted by atomic mass is 10.1. The van der Waals surface area contributed by atoms with Crippen molar-refractivity contribution in [1.82, 2.24) is 0 Å². The molecule has 0 aliphatic rings. The molecular formula is C12H16O2. The van der Waals surface area contributed by atoms with Crippen molar-refractivity contribution in [2.75, 3.05) is 14.2 Å². The lowest BCUT2D eigenvalue weighted by molar-refractivity contribution is -0.0667. The Morgan fingerprint density at radius 3 is 2.36 bits per heavy atom. The van der Waals surface area contributed by atoms with Crippen molar-refractivity contribution < 1.29 is 9.47 Å². The maximum atomic E-state index is 5.03. The van der Waals surface area contributed by atoms with Gasteiger partial charge in [0.05, 0.1) is 0 Å². The molecule has 0 spiro atoms. The first kappa shape index (κ1) is 11.0. The molecule has 1 aromatic carbocycles. The Morgan fingerprint density at radius 1 is 1.14 bits per heavy atom. The van der Waals surface area contributed by atoms with Crippen LogP contribution in [0.2, 0.25) is 0 Å². The van der Waals surface area contributed by atoms with Gasteiger partial charge in [0.1, 0.15) is 0 Å². The molecule has 0 N–H and O–H groups in total. The van der Waals surface area contributed by atoms with Crippen LogP contribution in [0.5, 0.6) is 0 Å². The van der Waals surface area contributed by atoms with Gasteiger partial charge in [-0.05, 0) is 18.1 Å². The molecule has 0 heterocycles. The van der Waals surface area contributed by atoms with Crippen molar-refractivity contribution in [3.8, 4) is 0 Å². The molecule has 0 aliphatic carbocycles. The predicted octanol–water partition coefficient (Wildman–Crippen LogP) is 2.40. The van der Waals surface area contributed by atoms with Gasteiger partial charge in [0.15, 0.2) is 6.29 Å². The molecule has 0 unspecified atom stereocenters. The van der Waals surface area contributed by atoms with Crippen LogP contribution in [0.1, 0.15) is 5.56 Å². The van der Waals surface area contributed by atoms with Crippen molar-refractivity contribution in [2.24, 2.45) is 0 Å². The molecule has 0 fully saturated rings. The molecule has 1 aromatic rings. The Hall–Kier alpha value is -1.12. The summed E-state index contributed by atoms with van der Waals surface area (Å²) in [4.78, 5) is 0. The number of ether oxygens (including phenoxy) is 2. The van der Waals surface area contributed by atoms with Crippen LogP contribution in [0, 0.1) is 0 Å². The highest BCUT2D eigenvalue weighted by molar-refractivity contribution is 5.17. The highest BCUT2D eigenvalue weighted by Gasteiger charge is 1.96. The van der Waals surface area contributed by atoms with Crippen molar-refractivity contribution in [3.05, 3.63) is 48.0 Å². The Bertz CT molecular complexity index is 263. The third kappa shape index (κ3) is 3.73. The summed E-state index contributed by atoms with van der Waals surface area (Å²) in [7, 11) is 3.25. The van der Waals surface area contributed by atoms with Gasteiger partial charge >= 0.3 is 0 Å². The molecule has 0 amide bonds. The van der Waals surface area contributed by atoms with E-state index >= 15 is 0 Å². The van der Waals surface area contributed by atoms with Gasteiger partial charge in [0.2, 0.25) is 0 Å². The SMILES string of the molecule is COC(/C=C/Cc1ccccc1)OC. The van der Waals surface area contributed by atoms with E-state index in [9.17, 15) is 0 Å². The summed E-state index contributed by atoms with van der Waals surface area (Å²) in [6, 6.07) is 10.3. The fraction of sp³-hybridized carbons (Fsp3) is 0.333. The largest absolute Gasteiger partial charge is 0.352 e. The standard InChI is InChI=1S/C12H16O2/c1-13-12(14-2)10-6-9-11-7-4-3-5-8-11/h3-8,10,12H,9H2,1-2H3/b10-6+. The van der Waals surface area contributed by atoms with Crippen LogP contribution < -0.4 is 0 Å². The number of hydrogen-bond donors (Lipinski definition) is 0. The van der Waals surface area contributed by atoms with E-state index in [2.05, 4.69) is 12.1 Å². The van der Waals surface area contributed by atoms with Crippen molar-refractivity contribution >= 4 is 0 Å². The maximum absolute atomic E-state index is 5.03. The van der Waals surface area contributed by atoms with Gasteiger partial charge in [-0.3, -0.25) is 0 Å². The average Bonchev–Trinajstić information content (AvgIpc) is 2.26. The van der Waals surface area contributed by atoms with Crippen LogP contribution in [-0.2, 0) is 15.9 Å². The van der Waals surface area contributed by atoms with Crippen LogP contribution in [-0.4, -0.2) is 20.5 Å². The highest BCUT2D eigenvalue weighted by Crippen LogP contribution is 2.01. The zero-order chi connectivity index (χ0) is 10.2. The Labute approximate surface area is 85.2 Å². The molecule has 1 rings (SSSR count). The smallest absolute Gasteiger partial charge is 0.176 e. The lowest BCUT2D eigenvalue weighted by Gasteiger charge is -2.07. The summed E-state index contributed by atoms with van der Waals surface area (Å²) in [5.74, 6) is 0. The van der Waals surface area contributed by atoms with Gasteiger partial charge in [0.25, 0.3) is 0 Å². The molecule has 2 heteroatoms. The predicted molar refractivity (Wildman–Crippen MR) is 57.1 cm³/mol. The molecule has 0 atom stereocenters. The molecule has 0 aromatic heterocycles. The zero-order valence-corrected chi connectivity index (χ0v) is 8.64. The van der Waals surface area contributed by atoms with Crippen LogP contribution in [0.25, 0.3) is 0 Å². The molecule has 2 nitrogen and oxygen atoms in total. The average molecular weight is 192 g/mol. The van der Waals surface area contributed by atoms with Gasteiger partial charge in [-0.1, -0.05) is 36.4 Å². The van der Waals surface area contributed by atoms with E-state index in [1.165, 1.54) is 5.56 Å². The van der Waals surface area contributed by atoms with Crippen molar-refractivity contribution in [2.45, 2.75) is 12.7 Å². The third-order valence-electron chi connectivity index (χ3n) is 1.95. The minimum absolute atomic E-state index is 0.237. The second-order valence-corrected chi connectivity index (χ2v) is 2.96. The fourth-order valence-electron chi connectivity index (χ4n) is 1.18. The van der Waals surface area contributed by atoms with Crippen LogP contribution >= 0.6 is 0 Å². The summed E-state index contributed by atoms with van der Waals surface area (Å²) in [6.07, 6.45) is 4.63. The molecule has 14 heavy (non-hydrogen) atoms. The van der Waals surface area contributed by atoms with Gasteiger partial charge < -0.3 is 9.47 Å². The number of allylic oxidation sites excluding steroid dienone is 1. The summed E-state index contributed by atoms with van der Waals surface area (Å²) in [5.41, 5.74) is 1.29. The minimum atomic E-state index is -0.237. The van der Waals surface area contributed by atoms with E-state index < -0.39 is 0 Å². The monoisotopic (exact) mass is 192 g/mol. The lowest BCUT2D eigenvalue weighted by Crippen LogP contribution is -2.08. The summed E-state index contributed by atoms with van der Waals surface area (Å²) in [6.45, 7) is 0.